The summed E-state index contributed by atoms with van der Waals surface area (Å²) in [7, 11) is 0. The van der Waals surface area contributed by atoms with Gasteiger partial charge in [-0.2, -0.15) is 4.37 Å². The number of aromatic nitrogens is 4. The molecule has 2 N–H and O–H groups in total. The quantitative estimate of drug-likeness (QED) is 0.799. The van der Waals surface area contributed by atoms with Crippen LogP contribution >= 0.6 is 23.3 Å². The van der Waals surface area contributed by atoms with Crippen LogP contribution in [0.2, 0.25) is 0 Å². The lowest BCUT2D eigenvalue weighted by Crippen LogP contribution is -2.01. The first-order valence-corrected chi connectivity index (χ1v) is 7.57. The summed E-state index contributed by atoms with van der Waals surface area (Å²) in [5, 5.41) is 0.910. The normalized spacial score (nSPS) is 11.3. The molecule has 0 spiro atoms. The van der Waals surface area contributed by atoms with Crippen LogP contribution in [0.15, 0.2) is 33.8 Å². The molecule has 0 saturated carbocycles. The van der Waals surface area contributed by atoms with E-state index < -0.39 is 0 Å². The molecular weight excluding hydrogens is 278 g/mol. The van der Waals surface area contributed by atoms with E-state index in [1.54, 1.807) is 0 Å². The van der Waals surface area contributed by atoms with E-state index in [4.69, 9.17) is 5.73 Å². The molecule has 5 nitrogen and oxygen atoms in total. The van der Waals surface area contributed by atoms with Crippen LogP contribution in [0.1, 0.15) is 18.4 Å². The second-order valence-electron chi connectivity index (χ2n) is 3.93. The summed E-state index contributed by atoms with van der Waals surface area (Å²) in [6, 6.07) is 5.92. The Bertz CT molecular complexity index is 703. The smallest absolute Gasteiger partial charge is 0.176 e. The van der Waals surface area contributed by atoms with Gasteiger partial charge < -0.3 is 10.1 Å². The van der Waals surface area contributed by atoms with Gasteiger partial charge in [0.1, 0.15) is 16.5 Å². The predicted octanol–water partition coefficient (Wildman–Crippen LogP) is 2.36. The number of imidazole rings is 1. The molecule has 0 radical (unpaired) electrons. The zero-order valence-electron chi connectivity index (χ0n) is 10.4. The van der Waals surface area contributed by atoms with Crippen molar-refractivity contribution in [3.63, 3.8) is 0 Å². The Morgan fingerprint density at radius 2 is 2.26 bits per heavy atom. The molecule has 0 fully saturated rings. The SMILES string of the molecule is CCc1nsc(Sc2nc3ccccn3c2CN)n1. The van der Waals surface area contributed by atoms with Crippen LogP contribution in [0, 0.1) is 0 Å². The lowest BCUT2D eigenvalue weighted by Gasteiger charge is -1.99. The standard InChI is InChI=1S/C12H13N5S2/c1-2-9-14-12(19-16-9)18-11-8(7-13)17-6-4-3-5-10(17)15-11/h3-6H,2,7,13H2,1H3. The van der Waals surface area contributed by atoms with Crippen LogP contribution in [0.25, 0.3) is 5.65 Å². The molecule has 3 heterocycles. The van der Waals surface area contributed by atoms with Gasteiger partial charge in [0, 0.05) is 19.2 Å². The van der Waals surface area contributed by atoms with E-state index in [0.717, 1.165) is 33.0 Å². The summed E-state index contributed by atoms with van der Waals surface area (Å²) in [6.45, 7) is 2.50. The molecule has 0 aliphatic heterocycles. The van der Waals surface area contributed by atoms with Crippen LogP contribution in [0.3, 0.4) is 0 Å². The molecule has 7 heteroatoms. The van der Waals surface area contributed by atoms with Crippen molar-refractivity contribution >= 4 is 28.9 Å². The van der Waals surface area contributed by atoms with Crippen LogP contribution in [-0.2, 0) is 13.0 Å². The summed E-state index contributed by atoms with van der Waals surface area (Å²) in [5.74, 6) is 0.880. The number of rotatable bonds is 4. The fourth-order valence-electron chi connectivity index (χ4n) is 1.80. The number of hydrogen-bond donors (Lipinski definition) is 1. The van der Waals surface area contributed by atoms with E-state index in [2.05, 4.69) is 14.3 Å². The van der Waals surface area contributed by atoms with Crippen molar-refractivity contribution in [2.45, 2.75) is 29.3 Å². The Kier molecular flexibility index (Phi) is 3.50. The molecule has 3 aromatic rings. The monoisotopic (exact) mass is 291 g/mol. The van der Waals surface area contributed by atoms with Crippen molar-refractivity contribution in [1.29, 1.82) is 0 Å². The molecule has 0 saturated heterocycles. The van der Waals surface area contributed by atoms with Crippen molar-refractivity contribution in [2.24, 2.45) is 5.73 Å². The van der Waals surface area contributed by atoms with Crippen molar-refractivity contribution in [3.8, 4) is 0 Å². The Balaban J connectivity index is 1.99. The maximum atomic E-state index is 5.84. The van der Waals surface area contributed by atoms with Crippen LogP contribution in [0.5, 0.6) is 0 Å². The van der Waals surface area contributed by atoms with Crippen molar-refractivity contribution in [1.82, 2.24) is 18.7 Å². The maximum Gasteiger partial charge on any atom is 0.176 e. The van der Waals surface area contributed by atoms with Gasteiger partial charge in [0.15, 0.2) is 4.34 Å². The van der Waals surface area contributed by atoms with Gasteiger partial charge in [-0.3, -0.25) is 0 Å². The fourth-order valence-corrected chi connectivity index (χ4v) is 3.55. The average molecular weight is 291 g/mol. The first-order valence-electron chi connectivity index (χ1n) is 5.98. The maximum absolute atomic E-state index is 5.84. The number of fused-ring (bicyclic) bond motifs is 1. The van der Waals surface area contributed by atoms with Crippen LogP contribution in [0.4, 0.5) is 0 Å². The second-order valence-corrected chi connectivity index (χ2v) is 5.92. The van der Waals surface area contributed by atoms with Gasteiger partial charge in [0.05, 0.1) is 5.69 Å². The molecular formula is C12H13N5S2. The number of aryl methyl sites for hydroxylation is 1. The summed E-state index contributed by atoms with van der Waals surface area (Å²) in [5.41, 5.74) is 7.76. The van der Waals surface area contributed by atoms with Gasteiger partial charge in [0.25, 0.3) is 0 Å². The lowest BCUT2D eigenvalue weighted by molar-refractivity contribution is 0.919. The minimum Gasteiger partial charge on any atom is -0.325 e. The lowest BCUT2D eigenvalue weighted by atomic mass is 10.4. The van der Waals surface area contributed by atoms with E-state index in [1.807, 2.05) is 35.7 Å². The third kappa shape index (κ3) is 2.36. The van der Waals surface area contributed by atoms with Crippen molar-refractivity contribution < 1.29 is 0 Å². The minimum absolute atomic E-state index is 0.451. The van der Waals surface area contributed by atoms with Crippen LogP contribution < -0.4 is 5.73 Å². The van der Waals surface area contributed by atoms with Gasteiger partial charge >= 0.3 is 0 Å². The van der Waals surface area contributed by atoms with Gasteiger partial charge in [-0.15, -0.1) is 0 Å². The molecule has 0 aliphatic carbocycles. The Hall–Kier alpha value is -1.44. The fraction of sp³-hybridized carbons (Fsp3) is 0.250. The summed E-state index contributed by atoms with van der Waals surface area (Å²) >= 11 is 2.94. The van der Waals surface area contributed by atoms with Gasteiger partial charge in [-0.1, -0.05) is 13.0 Å². The molecule has 98 valence electrons. The summed E-state index contributed by atoms with van der Waals surface area (Å²) in [6.07, 6.45) is 2.83. The third-order valence-corrected chi connectivity index (χ3v) is 4.54. The molecule has 0 aromatic carbocycles. The highest BCUT2D eigenvalue weighted by atomic mass is 32.2. The van der Waals surface area contributed by atoms with E-state index in [-0.39, 0.29) is 0 Å². The second kappa shape index (κ2) is 5.28. The molecule has 19 heavy (non-hydrogen) atoms. The van der Waals surface area contributed by atoms with E-state index in [0.29, 0.717) is 6.54 Å². The molecule has 0 aliphatic rings. The summed E-state index contributed by atoms with van der Waals surface area (Å²) < 4.78 is 7.21. The number of nitrogens with two attached hydrogens (primary N) is 1. The van der Waals surface area contributed by atoms with Gasteiger partial charge in [-0.05, 0) is 35.4 Å². The Labute approximate surface area is 119 Å². The van der Waals surface area contributed by atoms with E-state index >= 15 is 0 Å². The van der Waals surface area contributed by atoms with Crippen molar-refractivity contribution in [3.05, 3.63) is 35.9 Å². The largest absolute Gasteiger partial charge is 0.325 e. The first-order chi connectivity index (χ1) is 9.31. The van der Waals surface area contributed by atoms with Gasteiger partial charge in [-0.25, -0.2) is 9.97 Å². The molecule has 3 rings (SSSR count). The van der Waals surface area contributed by atoms with E-state index in [1.165, 1.54) is 23.3 Å². The molecule has 0 bridgehead atoms. The summed E-state index contributed by atoms with van der Waals surface area (Å²) in [4.78, 5) is 9.05. The van der Waals surface area contributed by atoms with Crippen molar-refractivity contribution in [2.75, 3.05) is 0 Å². The number of pyridine rings is 1. The zero-order valence-corrected chi connectivity index (χ0v) is 12.0. The van der Waals surface area contributed by atoms with E-state index in [9.17, 15) is 0 Å². The topological polar surface area (TPSA) is 69.1 Å². The predicted molar refractivity (Wildman–Crippen MR) is 76.5 cm³/mol. The minimum atomic E-state index is 0.451. The Morgan fingerprint density at radius 3 is 3.00 bits per heavy atom. The molecule has 0 unspecified atom stereocenters. The highest BCUT2D eigenvalue weighted by Crippen LogP contribution is 2.31. The average Bonchev–Trinajstić information content (AvgIpc) is 3.02. The first kappa shape index (κ1) is 12.6. The molecule has 0 amide bonds. The number of nitrogens with zero attached hydrogens (tertiary/aromatic N) is 4. The molecule has 0 atom stereocenters. The zero-order chi connectivity index (χ0) is 13.2. The highest BCUT2D eigenvalue weighted by Gasteiger charge is 2.14. The highest BCUT2D eigenvalue weighted by molar-refractivity contribution is 8.00. The van der Waals surface area contributed by atoms with Crippen LogP contribution in [-0.4, -0.2) is 18.7 Å². The number of hydrogen-bond acceptors (Lipinski definition) is 6. The molecule has 3 aromatic heterocycles. The Morgan fingerprint density at radius 1 is 1.37 bits per heavy atom. The third-order valence-electron chi connectivity index (χ3n) is 2.74. The van der Waals surface area contributed by atoms with Gasteiger partial charge in [0.2, 0.25) is 0 Å².